The highest BCUT2D eigenvalue weighted by Crippen LogP contribution is 2.34. The normalized spacial score (nSPS) is 13.2. The first-order chi connectivity index (χ1) is 11.2. The maximum Gasteiger partial charge on any atom is 0.150 e. The third-order valence-corrected chi connectivity index (χ3v) is 4.40. The second kappa shape index (κ2) is 5.51. The van der Waals surface area contributed by atoms with E-state index in [9.17, 15) is 0 Å². The predicted molar refractivity (Wildman–Crippen MR) is 93.3 cm³/mol. The summed E-state index contributed by atoms with van der Waals surface area (Å²) in [6.07, 6.45) is 1.83. The number of rotatable bonds is 1. The van der Waals surface area contributed by atoms with Crippen LogP contribution in [0.2, 0.25) is 0 Å². The fraction of sp³-hybridized carbons (Fsp3) is 0.200. The van der Waals surface area contributed by atoms with Crippen molar-refractivity contribution in [3.05, 3.63) is 77.2 Å². The molecule has 0 bridgehead atoms. The van der Waals surface area contributed by atoms with Crippen molar-refractivity contribution in [2.24, 2.45) is 0 Å². The van der Waals surface area contributed by atoms with Gasteiger partial charge in [-0.2, -0.15) is 0 Å². The molecule has 0 N–H and O–H groups in total. The third kappa shape index (κ3) is 2.48. The van der Waals surface area contributed by atoms with Gasteiger partial charge in [-0.3, -0.25) is 4.98 Å². The Morgan fingerprint density at radius 1 is 0.826 bits per heavy atom. The Morgan fingerprint density at radius 3 is 2.00 bits per heavy atom. The highest BCUT2D eigenvalue weighted by Gasteiger charge is 2.21. The predicted octanol–water partition coefficient (Wildman–Crippen LogP) is 4.28. The van der Waals surface area contributed by atoms with Crippen LogP contribution < -0.4 is 4.90 Å². The van der Waals surface area contributed by atoms with E-state index in [1.54, 1.807) is 0 Å². The van der Waals surface area contributed by atoms with Crippen molar-refractivity contribution in [2.75, 3.05) is 4.90 Å². The Kier molecular flexibility index (Phi) is 3.34. The summed E-state index contributed by atoms with van der Waals surface area (Å²) >= 11 is 0. The zero-order chi connectivity index (χ0) is 15.8. The number of aromatic nitrogens is 2. The molecule has 0 unspecified atom stereocenters. The number of hydrogen-bond acceptors (Lipinski definition) is 3. The van der Waals surface area contributed by atoms with Crippen LogP contribution in [0.3, 0.4) is 0 Å². The molecule has 2 aromatic carbocycles. The van der Waals surface area contributed by atoms with Crippen molar-refractivity contribution in [1.29, 1.82) is 0 Å². The van der Waals surface area contributed by atoms with E-state index >= 15 is 0 Å². The molecule has 0 spiro atoms. The average molecular weight is 301 g/mol. The summed E-state index contributed by atoms with van der Waals surface area (Å²) in [6.45, 7) is 5.73. The van der Waals surface area contributed by atoms with Gasteiger partial charge in [0, 0.05) is 19.3 Å². The monoisotopic (exact) mass is 301 g/mol. The second-order valence-electron chi connectivity index (χ2n) is 6.09. The van der Waals surface area contributed by atoms with Crippen LogP contribution >= 0.6 is 0 Å². The van der Waals surface area contributed by atoms with Crippen molar-refractivity contribution in [3.63, 3.8) is 0 Å². The molecule has 0 saturated heterocycles. The third-order valence-electron chi connectivity index (χ3n) is 4.40. The summed E-state index contributed by atoms with van der Waals surface area (Å²) < 4.78 is 0. The number of aryl methyl sites for hydroxylation is 2. The van der Waals surface area contributed by atoms with E-state index in [-0.39, 0.29) is 0 Å². The van der Waals surface area contributed by atoms with Gasteiger partial charge in [0.05, 0.1) is 11.4 Å². The van der Waals surface area contributed by atoms with Crippen LogP contribution in [0, 0.1) is 13.8 Å². The second-order valence-corrected chi connectivity index (χ2v) is 6.09. The summed E-state index contributed by atoms with van der Waals surface area (Å²) in [5.41, 5.74) is 7.25. The standard InChI is InChI=1S/C20H19N3/c1-14-11-21-15(2)20(22-14)23-12-16-7-3-5-9-18(16)19-10-6-4-8-17(19)13-23/h3-11H,12-13H2,1-2H3. The largest absolute Gasteiger partial charge is 0.346 e. The highest BCUT2D eigenvalue weighted by atomic mass is 15.2. The van der Waals surface area contributed by atoms with Crippen LogP contribution in [0.25, 0.3) is 11.1 Å². The molecule has 1 aromatic heterocycles. The lowest BCUT2D eigenvalue weighted by Crippen LogP contribution is -2.23. The Balaban J connectivity index is 1.89. The topological polar surface area (TPSA) is 29.0 Å². The van der Waals surface area contributed by atoms with Crippen LogP contribution in [0.15, 0.2) is 54.7 Å². The Morgan fingerprint density at radius 2 is 1.39 bits per heavy atom. The molecule has 3 heteroatoms. The molecule has 0 atom stereocenters. The molecule has 1 aliphatic heterocycles. The molecule has 0 amide bonds. The molecule has 114 valence electrons. The SMILES string of the molecule is Cc1cnc(C)c(N2Cc3ccccc3-c3ccccc3C2)n1. The molecular formula is C20H19N3. The molecule has 4 rings (SSSR count). The summed E-state index contributed by atoms with van der Waals surface area (Å²) in [4.78, 5) is 11.6. The quantitative estimate of drug-likeness (QED) is 0.671. The van der Waals surface area contributed by atoms with Crippen molar-refractivity contribution < 1.29 is 0 Å². The zero-order valence-corrected chi connectivity index (χ0v) is 13.5. The lowest BCUT2D eigenvalue weighted by molar-refractivity contribution is 0.779. The van der Waals surface area contributed by atoms with Gasteiger partial charge >= 0.3 is 0 Å². The van der Waals surface area contributed by atoms with Gasteiger partial charge < -0.3 is 4.90 Å². The summed E-state index contributed by atoms with van der Waals surface area (Å²) in [7, 11) is 0. The zero-order valence-electron chi connectivity index (χ0n) is 13.5. The van der Waals surface area contributed by atoms with Crippen LogP contribution in [-0.2, 0) is 13.1 Å². The number of benzene rings is 2. The molecule has 0 fully saturated rings. The van der Waals surface area contributed by atoms with Crippen LogP contribution in [-0.4, -0.2) is 9.97 Å². The van der Waals surface area contributed by atoms with Gasteiger partial charge in [-0.05, 0) is 36.1 Å². The average Bonchev–Trinajstić information content (AvgIpc) is 2.74. The molecule has 1 aliphatic rings. The first-order valence-corrected chi connectivity index (χ1v) is 7.94. The van der Waals surface area contributed by atoms with Gasteiger partial charge in [0.1, 0.15) is 0 Å². The number of fused-ring (bicyclic) bond motifs is 3. The lowest BCUT2D eigenvalue weighted by Gasteiger charge is -2.24. The number of anilines is 1. The van der Waals surface area contributed by atoms with E-state index in [1.165, 1.54) is 22.3 Å². The maximum atomic E-state index is 4.75. The van der Waals surface area contributed by atoms with E-state index in [4.69, 9.17) is 4.98 Å². The molecule has 0 saturated carbocycles. The van der Waals surface area contributed by atoms with Crippen LogP contribution in [0.5, 0.6) is 0 Å². The molecule has 2 heterocycles. The summed E-state index contributed by atoms with van der Waals surface area (Å²) in [6, 6.07) is 17.3. The fourth-order valence-corrected chi connectivity index (χ4v) is 3.28. The minimum Gasteiger partial charge on any atom is -0.346 e. The highest BCUT2D eigenvalue weighted by molar-refractivity contribution is 5.73. The van der Waals surface area contributed by atoms with Gasteiger partial charge in [-0.1, -0.05) is 48.5 Å². The van der Waals surface area contributed by atoms with Crippen molar-refractivity contribution >= 4 is 5.82 Å². The van der Waals surface area contributed by atoms with Gasteiger partial charge in [0.25, 0.3) is 0 Å². The summed E-state index contributed by atoms with van der Waals surface area (Å²) in [5.74, 6) is 0.983. The smallest absolute Gasteiger partial charge is 0.150 e. The van der Waals surface area contributed by atoms with Gasteiger partial charge in [-0.25, -0.2) is 4.98 Å². The van der Waals surface area contributed by atoms with Crippen molar-refractivity contribution in [2.45, 2.75) is 26.9 Å². The number of nitrogens with zero attached hydrogens (tertiary/aromatic N) is 3. The first-order valence-electron chi connectivity index (χ1n) is 7.94. The minimum absolute atomic E-state index is 0.851. The molecule has 0 radical (unpaired) electrons. The van der Waals surface area contributed by atoms with Crippen LogP contribution in [0.4, 0.5) is 5.82 Å². The van der Waals surface area contributed by atoms with E-state index < -0.39 is 0 Å². The Labute approximate surface area is 136 Å². The Hall–Kier alpha value is -2.68. The van der Waals surface area contributed by atoms with Gasteiger partial charge in [0.15, 0.2) is 5.82 Å². The molecule has 3 nitrogen and oxygen atoms in total. The molecular weight excluding hydrogens is 282 g/mol. The van der Waals surface area contributed by atoms with E-state index in [1.807, 2.05) is 20.0 Å². The van der Waals surface area contributed by atoms with Crippen molar-refractivity contribution in [3.8, 4) is 11.1 Å². The van der Waals surface area contributed by atoms with Crippen LogP contribution in [0.1, 0.15) is 22.5 Å². The minimum atomic E-state index is 0.851. The lowest BCUT2D eigenvalue weighted by atomic mass is 9.97. The van der Waals surface area contributed by atoms with Crippen molar-refractivity contribution in [1.82, 2.24) is 9.97 Å². The first kappa shape index (κ1) is 13.9. The van der Waals surface area contributed by atoms with E-state index in [0.717, 1.165) is 30.3 Å². The summed E-state index contributed by atoms with van der Waals surface area (Å²) in [5, 5.41) is 0. The number of hydrogen-bond donors (Lipinski definition) is 0. The maximum absolute atomic E-state index is 4.75. The molecule has 3 aromatic rings. The van der Waals surface area contributed by atoms with Gasteiger partial charge in [-0.15, -0.1) is 0 Å². The fourth-order valence-electron chi connectivity index (χ4n) is 3.28. The van der Waals surface area contributed by atoms with E-state index in [0.29, 0.717) is 0 Å². The molecule has 23 heavy (non-hydrogen) atoms. The van der Waals surface area contributed by atoms with Gasteiger partial charge in [0.2, 0.25) is 0 Å². The Bertz CT molecular complexity index is 823. The van der Waals surface area contributed by atoms with E-state index in [2.05, 4.69) is 58.4 Å². The molecule has 0 aliphatic carbocycles.